The van der Waals surface area contributed by atoms with E-state index in [2.05, 4.69) is 5.11 Å². The molecule has 1 rings (SSSR count). The zero-order chi connectivity index (χ0) is 8.27. The van der Waals surface area contributed by atoms with Crippen molar-refractivity contribution in [3.05, 3.63) is 33.8 Å². The van der Waals surface area contributed by atoms with Crippen LogP contribution in [0.1, 0.15) is 0 Å². The molecule has 6 nitrogen and oxygen atoms in total. The van der Waals surface area contributed by atoms with Gasteiger partial charge in [0.2, 0.25) is 0 Å². The molecule has 1 aliphatic heterocycles. The van der Waals surface area contributed by atoms with Crippen molar-refractivity contribution in [2.45, 2.75) is 0 Å². The Labute approximate surface area is 61.8 Å². The van der Waals surface area contributed by atoms with Crippen molar-refractivity contribution in [1.82, 2.24) is 0 Å². The third-order valence-corrected chi connectivity index (χ3v) is 1.11. The molecule has 0 aromatic carbocycles. The van der Waals surface area contributed by atoms with Gasteiger partial charge in [0.1, 0.15) is 6.61 Å². The second-order valence-corrected chi connectivity index (χ2v) is 1.77. The lowest BCUT2D eigenvalue weighted by atomic mass is 10.3. The first kappa shape index (κ1) is 7.39. The average molecular weight is 155 g/mol. The van der Waals surface area contributed by atoms with Crippen molar-refractivity contribution in [3.63, 3.8) is 0 Å². The van der Waals surface area contributed by atoms with Gasteiger partial charge < -0.3 is 4.74 Å². The molecule has 0 atom stereocenters. The van der Waals surface area contributed by atoms with Gasteiger partial charge >= 0.3 is 11.6 Å². The van der Waals surface area contributed by atoms with Crippen LogP contribution in [0.3, 0.4) is 0 Å². The SMILES string of the molecule is N=NC1=C([N+](=O)[O-])C=CCO1. The molecule has 0 spiro atoms. The van der Waals surface area contributed by atoms with E-state index in [1.54, 1.807) is 0 Å². The zero-order valence-electron chi connectivity index (χ0n) is 5.48. The van der Waals surface area contributed by atoms with Crippen LogP contribution >= 0.6 is 0 Å². The molecular weight excluding hydrogens is 150 g/mol. The normalized spacial score (nSPS) is 16.0. The number of nitrogens with one attached hydrogen (secondary N) is 1. The molecule has 0 aromatic heterocycles. The Morgan fingerprint density at radius 3 is 3.00 bits per heavy atom. The van der Waals surface area contributed by atoms with Gasteiger partial charge in [-0.15, -0.1) is 5.11 Å². The van der Waals surface area contributed by atoms with Crippen molar-refractivity contribution in [1.29, 1.82) is 5.53 Å². The highest BCUT2D eigenvalue weighted by molar-refractivity contribution is 5.17. The first-order chi connectivity index (χ1) is 5.25. The Balaban J connectivity index is 3.01. The maximum atomic E-state index is 10.2. The zero-order valence-corrected chi connectivity index (χ0v) is 5.48. The topological polar surface area (TPSA) is 88.6 Å². The molecule has 1 heterocycles. The summed E-state index contributed by atoms with van der Waals surface area (Å²) in [6.45, 7) is 0.231. The molecule has 0 saturated heterocycles. The van der Waals surface area contributed by atoms with Crippen LogP contribution < -0.4 is 0 Å². The monoisotopic (exact) mass is 155 g/mol. The van der Waals surface area contributed by atoms with E-state index < -0.39 is 4.92 Å². The molecule has 0 saturated carbocycles. The minimum atomic E-state index is -0.636. The minimum absolute atomic E-state index is 0.231. The number of hydrogen-bond donors (Lipinski definition) is 1. The van der Waals surface area contributed by atoms with Crippen LogP contribution in [0.5, 0.6) is 0 Å². The molecule has 6 heteroatoms. The maximum absolute atomic E-state index is 10.2. The summed E-state index contributed by atoms with van der Waals surface area (Å²) in [5.41, 5.74) is 6.25. The van der Waals surface area contributed by atoms with E-state index in [0.29, 0.717) is 0 Å². The molecule has 0 aliphatic carbocycles. The molecule has 0 unspecified atom stereocenters. The van der Waals surface area contributed by atoms with E-state index in [9.17, 15) is 10.1 Å². The van der Waals surface area contributed by atoms with Gasteiger partial charge in [0, 0.05) is 6.08 Å². The van der Waals surface area contributed by atoms with Crippen LogP contribution in [0.25, 0.3) is 0 Å². The van der Waals surface area contributed by atoms with Gasteiger partial charge in [0.05, 0.1) is 4.92 Å². The van der Waals surface area contributed by atoms with Gasteiger partial charge in [-0.3, -0.25) is 10.1 Å². The van der Waals surface area contributed by atoms with E-state index >= 15 is 0 Å². The van der Waals surface area contributed by atoms with Gasteiger partial charge in [-0.1, -0.05) is 0 Å². The quantitative estimate of drug-likeness (QED) is 0.367. The number of ether oxygens (including phenoxy) is 1. The van der Waals surface area contributed by atoms with Crippen LogP contribution in [0.15, 0.2) is 28.8 Å². The largest absolute Gasteiger partial charge is 0.468 e. The molecular formula is C5H5N3O3. The van der Waals surface area contributed by atoms with Gasteiger partial charge in [-0.25, -0.2) is 5.53 Å². The maximum Gasteiger partial charge on any atom is 0.332 e. The Morgan fingerprint density at radius 2 is 2.55 bits per heavy atom. The molecule has 58 valence electrons. The smallest absolute Gasteiger partial charge is 0.332 e. The lowest BCUT2D eigenvalue weighted by molar-refractivity contribution is -0.422. The van der Waals surface area contributed by atoms with E-state index in [4.69, 9.17) is 10.3 Å². The number of nitrogens with zero attached hydrogens (tertiary/aromatic N) is 2. The predicted molar refractivity (Wildman–Crippen MR) is 34.3 cm³/mol. The lowest BCUT2D eigenvalue weighted by Gasteiger charge is -2.04. The molecule has 11 heavy (non-hydrogen) atoms. The first-order valence-corrected chi connectivity index (χ1v) is 2.81. The summed E-state index contributed by atoms with van der Waals surface area (Å²) >= 11 is 0. The highest BCUT2D eigenvalue weighted by atomic mass is 16.6. The van der Waals surface area contributed by atoms with Crippen molar-refractivity contribution < 1.29 is 9.66 Å². The Bertz CT molecular complexity index is 256. The van der Waals surface area contributed by atoms with Crippen molar-refractivity contribution in [3.8, 4) is 0 Å². The lowest BCUT2D eigenvalue weighted by Crippen LogP contribution is -2.06. The highest BCUT2D eigenvalue weighted by Crippen LogP contribution is 2.13. The van der Waals surface area contributed by atoms with Crippen LogP contribution in [0.4, 0.5) is 0 Å². The molecule has 0 radical (unpaired) electrons. The molecule has 1 N–H and O–H groups in total. The molecule has 0 amide bonds. The number of hydrogen-bond acceptors (Lipinski definition) is 5. The van der Waals surface area contributed by atoms with Crippen molar-refractivity contribution >= 4 is 0 Å². The van der Waals surface area contributed by atoms with Crippen molar-refractivity contribution in [2.75, 3.05) is 6.61 Å². The van der Waals surface area contributed by atoms with E-state index in [0.717, 1.165) is 0 Å². The van der Waals surface area contributed by atoms with Crippen molar-refractivity contribution in [2.24, 2.45) is 5.11 Å². The molecule has 0 fully saturated rings. The summed E-state index contributed by atoms with van der Waals surface area (Å²) < 4.78 is 4.70. The molecule has 1 aliphatic rings. The summed E-state index contributed by atoms with van der Waals surface area (Å²) in [5, 5.41) is 13.1. The predicted octanol–water partition coefficient (Wildman–Crippen LogP) is 1.05. The fourth-order valence-electron chi connectivity index (χ4n) is 0.661. The van der Waals surface area contributed by atoms with Gasteiger partial charge in [-0.05, 0) is 6.08 Å². The highest BCUT2D eigenvalue weighted by Gasteiger charge is 2.19. The summed E-state index contributed by atoms with van der Waals surface area (Å²) in [4.78, 5) is 9.56. The Kier molecular flexibility index (Phi) is 1.95. The third-order valence-electron chi connectivity index (χ3n) is 1.11. The number of rotatable bonds is 2. The first-order valence-electron chi connectivity index (χ1n) is 2.81. The summed E-state index contributed by atoms with van der Waals surface area (Å²) in [7, 11) is 0. The summed E-state index contributed by atoms with van der Waals surface area (Å²) in [6, 6.07) is 0. The molecule has 0 aromatic rings. The van der Waals surface area contributed by atoms with Gasteiger partial charge in [0.15, 0.2) is 0 Å². The average Bonchev–Trinajstić information content (AvgIpc) is 2.04. The van der Waals surface area contributed by atoms with Gasteiger partial charge in [-0.2, -0.15) is 0 Å². The summed E-state index contributed by atoms with van der Waals surface area (Å²) in [5.74, 6) is -0.238. The van der Waals surface area contributed by atoms with E-state index in [1.807, 2.05) is 0 Å². The second kappa shape index (κ2) is 2.91. The standard InChI is InChI=1S/C5H5N3O3/c6-7-5-4(8(9)10)2-1-3-11-5/h1-2,6H,3H2. The Morgan fingerprint density at radius 1 is 1.82 bits per heavy atom. The summed E-state index contributed by atoms with van der Waals surface area (Å²) in [6.07, 6.45) is 2.77. The second-order valence-electron chi connectivity index (χ2n) is 1.77. The van der Waals surface area contributed by atoms with Crippen LogP contribution in [-0.4, -0.2) is 11.5 Å². The van der Waals surface area contributed by atoms with Gasteiger partial charge in [0.25, 0.3) is 0 Å². The fraction of sp³-hybridized carbons (Fsp3) is 0.200. The Hall–Kier alpha value is -1.72. The van der Waals surface area contributed by atoms with Crippen LogP contribution in [-0.2, 0) is 4.74 Å². The van der Waals surface area contributed by atoms with Crippen LogP contribution in [0, 0.1) is 15.6 Å². The number of allylic oxidation sites excluding steroid dienone is 1. The third kappa shape index (κ3) is 1.40. The van der Waals surface area contributed by atoms with Crippen LogP contribution in [0.2, 0.25) is 0 Å². The molecule has 0 bridgehead atoms. The number of nitro groups is 1. The minimum Gasteiger partial charge on any atom is -0.468 e. The van der Waals surface area contributed by atoms with E-state index in [-0.39, 0.29) is 18.2 Å². The fourth-order valence-corrected chi connectivity index (χ4v) is 0.661. The van der Waals surface area contributed by atoms with E-state index in [1.165, 1.54) is 12.2 Å².